The van der Waals surface area contributed by atoms with Gasteiger partial charge < -0.3 is 23.4 Å². The molecule has 2 aliphatic rings. The van der Waals surface area contributed by atoms with Crippen molar-refractivity contribution in [2.75, 3.05) is 40.5 Å². The number of aromatic nitrogens is 2. The Bertz CT molecular complexity index is 747. The summed E-state index contributed by atoms with van der Waals surface area (Å²) in [6.45, 7) is 3.77. The molecule has 0 aliphatic carbocycles. The van der Waals surface area contributed by atoms with E-state index in [-0.39, 0.29) is 5.79 Å². The fourth-order valence-electron chi connectivity index (χ4n) is 3.43. The number of hydrogen-bond acceptors (Lipinski definition) is 8. The summed E-state index contributed by atoms with van der Waals surface area (Å²) in [5, 5.41) is 8.35. The summed E-state index contributed by atoms with van der Waals surface area (Å²) in [4.78, 5) is 2.28. The van der Waals surface area contributed by atoms with E-state index in [9.17, 15) is 0 Å². The van der Waals surface area contributed by atoms with Gasteiger partial charge in [0.1, 0.15) is 0 Å². The van der Waals surface area contributed by atoms with Crippen molar-refractivity contribution in [1.82, 2.24) is 15.1 Å². The summed E-state index contributed by atoms with van der Waals surface area (Å²) in [7, 11) is 3.20. The third-order valence-electron chi connectivity index (χ3n) is 4.89. The lowest BCUT2D eigenvalue weighted by molar-refractivity contribution is -0.186. The summed E-state index contributed by atoms with van der Waals surface area (Å²) >= 11 is 0. The van der Waals surface area contributed by atoms with Crippen LogP contribution in [0.3, 0.4) is 0 Å². The molecule has 0 radical (unpaired) electrons. The minimum atomic E-state index is -0.365. The van der Waals surface area contributed by atoms with E-state index < -0.39 is 0 Å². The Kier molecular flexibility index (Phi) is 4.80. The number of methoxy groups -OCH3 is 2. The van der Waals surface area contributed by atoms with Crippen molar-refractivity contribution in [3.05, 3.63) is 24.1 Å². The molecule has 0 N–H and O–H groups in total. The van der Waals surface area contributed by atoms with Crippen molar-refractivity contribution < 1.29 is 23.4 Å². The van der Waals surface area contributed by atoms with Crippen LogP contribution >= 0.6 is 0 Å². The van der Waals surface area contributed by atoms with Crippen molar-refractivity contribution in [2.24, 2.45) is 0 Å². The summed E-state index contributed by atoms with van der Waals surface area (Å²) in [6, 6.07) is 5.53. The monoisotopic (exact) mass is 361 g/mol. The molecule has 0 atom stereocenters. The zero-order valence-electron chi connectivity index (χ0n) is 15.1. The first-order valence-corrected chi connectivity index (χ1v) is 8.76. The fourth-order valence-corrected chi connectivity index (χ4v) is 3.43. The SMILES string of the molecule is COc1ccc(-c2nnc(CN3CCC4(CC3)OCCO4)o2)cc1OC. The molecule has 1 aromatic heterocycles. The average Bonchev–Trinajstić information content (AvgIpc) is 3.33. The molecular weight excluding hydrogens is 338 g/mol. The van der Waals surface area contributed by atoms with Crippen LogP contribution in [0.25, 0.3) is 11.5 Å². The van der Waals surface area contributed by atoms with E-state index in [4.69, 9.17) is 23.4 Å². The molecule has 2 aromatic rings. The maximum atomic E-state index is 5.84. The molecule has 2 fully saturated rings. The maximum absolute atomic E-state index is 5.84. The molecule has 2 aliphatic heterocycles. The quantitative estimate of drug-likeness (QED) is 0.801. The molecule has 0 saturated carbocycles. The van der Waals surface area contributed by atoms with E-state index in [0.717, 1.165) is 31.5 Å². The number of likely N-dealkylation sites (tertiary alicyclic amines) is 1. The van der Waals surface area contributed by atoms with Crippen LogP contribution in [0.5, 0.6) is 11.5 Å². The summed E-state index contributed by atoms with van der Waals surface area (Å²) in [5.74, 6) is 1.99. The minimum absolute atomic E-state index is 0.365. The Morgan fingerprint density at radius 2 is 1.77 bits per heavy atom. The number of rotatable bonds is 5. The first kappa shape index (κ1) is 17.3. The Morgan fingerprint density at radius 3 is 2.46 bits per heavy atom. The second kappa shape index (κ2) is 7.22. The van der Waals surface area contributed by atoms with Crippen LogP contribution in [0.4, 0.5) is 0 Å². The lowest BCUT2D eigenvalue weighted by Gasteiger charge is -2.36. The molecule has 4 rings (SSSR count). The molecule has 140 valence electrons. The van der Waals surface area contributed by atoms with Crippen LogP contribution in [-0.4, -0.2) is 61.4 Å². The Balaban J connectivity index is 1.41. The molecule has 2 saturated heterocycles. The molecule has 0 bridgehead atoms. The first-order valence-electron chi connectivity index (χ1n) is 8.76. The number of hydrogen-bond donors (Lipinski definition) is 0. The van der Waals surface area contributed by atoms with Gasteiger partial charge in [0, 0.05) is 31.5 Å². The zero-order valence-corrected chi connectivity index (χ0v) is 15.1. The van der Waals surface area contributed by atoms with Gasteiger partial charge in [-0.05, 0) is 18.2 Å². The van der Waals surface area contributed by atoms with Crippen molar-refractivity contribution in [1.29, 1.82) is 0 Å². The lowest BCUT2D eigenvalue weighted by Crippen LogP contribution is -2.44. The molecule has 0 amide bonds. The van der Waals surface area contributed by atoms with Crippen LogP contribution in [0.15, 0.2) is 22.6 Å². The van der Waals surface area contributed by atoms with Gasteiger partial charge in [0.25, 0.3) is 0 Å². The van der Waals surface area contributed by atoms with Gasteiger partial charge in [-0.1, -0.05) is 0 Å². The molecule has 8 nitrogen and oxygen atoms in total. The summed E-state index contributed by atoms with van der Waals surface area (Å²) in [6.07, 6.45) is 1.73. The number of ether oxygens (including phenoxy) is 4. The normalized spacial score (nSPS) is 19.8. The third kappa shape index (κ3) is 3.40. The molecular formula is C18H23N3O5. The average molecular weight is 361 g/mol. The number of benzene rings is 1. The summed E-state index contributed by atoms with van der Waals surface area (Å²) < 4.78 is 27.9. The topological polar surface area (TPSA) is 79.1 Å². The smallest absolute Gasteiger partial charge is 0.247 e. The predicted molar refractivity (Wildman–Crippen MR) is 92.0 cm³/mol. The zero-order chi connectivity index (χ0) is 18.0. The highest BCUT2D eigenvalue weighted by Crippen LogP contribution is 2.33. The molecule has 1 spiro atoms. The van der Waals surface area contributed by atoms with E-state index in [1.54, 1.807) is 14.2 Å². The van der Waals surface area contributed by atoms with Crippen molar-refractivity contribution >= 4 is 0 Å². The molecule has 8 heteroatoms. The van der Waals surface area contributed by atoms with Gasteiger partial charge >= 0.3 is 0 Å². The first-order chi connectivity index (χ1) is 12.7. The third-order valence-corrected chi connectivity index (χ3v) is 4.89. The van der Waals surface area contributed by atoms with E-state index in [0.29, 0.717) is 43.0 Å². The van der Waals surface area contributed by atoms with Crippen molar-refractivity contribution in [3.63, 3.8) is 0 Å². The van der Waals surface area contributed by atoms with E-state index in [1.165, 1.54) is 0 Å². The Labute approximate surface area is 152 Å². The maximum Gasteiger partial charge on any atom is 0.247 e. The van der Waals surface area contributed by atoms with Crippen LogP contribution in [0, 0.1) is 0 Å². The minimum Gasteiger partial charge on any atom is -0.493 e. The van der Waals surface area contributed by atoms with Gasteiger partial charge in [0.15, 0.2) is 17.3 Å². The second-order valence-electron chi connectivity index (χ2n) is 6.45. The highest BCUT2D eigenvalue weighted by atomic mass is 16.7. The van der Waals surface area contributed by atoms with Crippen LogP contribution in [0.2, 0.25) is 0 Å². The fraction of sp³-hybridized carbons (Fsp3) is 0.556. The second-order valence-corrected chi connectivity index (χ2v) is 6.45. The van der Waals surface area contributed by atoms with E-state index in [2.05, 4.69) is 15.1 Å². The molecule has 0 unspecified atom stereocenters. The molecule has 1 aromatic carbocycles. The van der Waals surface area contributed by atoms with Crippen LogP contribution in [-0.2, 0) is 16.0 Å². The van der Waals surface area contributed by atoms with Gasteiger partial charge in [-0.25, -0.2) is 0 Å². The van der Waals surface area contributed by atoms with Gasteiger partial charge in [-0.2, -0.15) is 0 Å². The van der Waals surface area contributed by atoms with E-state index >= 15 is 0 Å². The standard InChI is InChI=1S/C18H23N3O5/c1-22-14-4-3-13(11-15(14)23-2)17-20-19-16(26-17)12-21-7-5-18(6-8-21)24-9-10-25-18/h3-4,11H,5-10,12H2,1-2H3. The summed E-state index contributed by atoms with van der Waals surface area (Å²) in [5.41, 5.74) is 0.798. The van der Waals surface area contributed by atoms with Gasteiger partial charge in [-0.3, -0.25) is 4.90 Å². The van der Waals surface area contributed by atoms with Gasteiger partial charge in [0.05, 0.1) is 34.0 Å². The van der Waals surface area contributed by atoms with Crippen molar-refractivity contribution in [3.8, 4) is 23.0 Å². The molecule has 3 heterocycles. The van der Waals surface area contributed by atoms with Crippen molar-refractivity contribution in [2.45, 2.75) is 25.2 Å². The lowest BCUT2D eigenvalue weighted by atomic mass is 10.0. The van der Waals surface area contributed by atoms with Crippen LogP contribution in [0.1, 0.15) is 18.7 Å². The highest BCUT2D eigenvalue weighted by Gasteiger charge is 2.39. The van der Waals surface area contributed by atoms with Gasteiger partial charge in [-0.15, -0.1) is 10.2 Å². The van der Waals surface area contributed by atoms with Crippen LogP contribution < -0.4 is 9.47 Å². The highest BCUT2D eigenvalue weighted by molar-refractivity contribution is 5.59. The Morgan fingerprint density at radius 1 is 1.04 bits per heavy atom. The Hall–Kier alpha value is -2.16. The largest absolute Gasteiger partial charge is 0.493 e. The number of nitrogens with zero attached hydrogens (tertiary/aromatic N) is 3. The molecule has 26 heavy (non-hydrogen) atoms. The van der Waals surface area contributed by atoms with Gasteiger partial charge in [0.2, 0.25) is 11.8 Å². The predicted octanol–water partition coefficient (Wildman–Crippen LogP) is 2.09. The number of piperidine rings is 1. The van der Waals surface area contributed by atoms with E-state index in [1.807, 2.05) is 18.2 Å².